The summed E-state index contributed by atoms with van der Waals surface area (Å²) in [6.07, 6.45) is 5.31. The summed E-state index contributed by atoms with van der Waals surface area (Å²) in [5.41, 5.74) is 7.16. The van der Waals surface area contributed by atoms with Crippen LogP contribution >= 0.6 is 22.9 Å². The van der Waals surface area contributed by atoms with E-state index in [4.69, 9.17) is 36.5 Å². The molecule has 4 aliphatic heterocycles. The van der Waals surface area contributed by atoms with E-state index in [9.17, 15) is 5.26 Å². The van der Waals surface area contributed by atoms with Gasteiger partial charge >= 0.3 is 6.01 Å². The van der Waals surface area contributed by atoms with E-state index in [0.29, 0.717) is 31.0 Å². The second kappa shape index (κ2) is 11.3. The van der Waals surface area contributed by atoms with Crippen molar-refractivity contribution in [2.24, 2.45) is 0 Å². The average Bonchev–Trinajstić information content (AvgIpc) is 3.82. The van der Waals surface area contributed by atoms with E-state index in [1.54, 1.807) is 6.08 Å². The number of nitrogens with two attached hydrogens (primary N) is 1. The molecule has 0 saturated carbocycles. The molecule has 3 atom stereocenters. The van der Waals surface area contributed by atoms with Crippen molar-refractivity contribution in [1.29, 1.82) is 5.26 Å². The predicted molar refractivity (Wildman–Crippen MR) is 178 cm³/mol. The number of halogens is 3. The fourth-order valence-electron chi connectivity index (χ4n) is 7.79. The van der Waals surface area contributed by atoms with Gasteiger partial charge in [0.15, 0.2) is 11.6 Å². The summed E-state index contributed by atoms with van der Waals surface area (Å²) >= 11 is 7.99. The summed E-state index contributed by atoms with van der Waals surface area (Å²) in [6, 6.07) is 4.23. The molecule has 3 saturated heterocycles. The van der Waals surface area contributed by atoms with Gasteiger partial charge in [0.1, 0.15) is 41.4 Å². The molecule has 13 heteroatoms. The van der Waals surface area contributed by atoms with E-state index in [1.165, 1.54) is 12.1 Å². The smallest absolute Gasteiger partial charge is 0.319 e. The van der Waals surface area contributed by atoms with Gasteiger partial charge in [-0.1, -0.05) is 35.9 Å². The Labute approximate surface area is 278 Å². The first-order valence-electron chi connectivity index (χ1n) is 15.5. The van der Waals surface area contributed by atoms with Crippen LogP contribution in [0.1, 0.15) is 31.2 Å². The monoisotopic (exact) mass is 676 g/mol. The topological polar surface area (TPSA) is 110 Å². The summed E-state index contributed by atoms with van der Waals surface area (Å²) in [4.78, 5) is 14.0. The zero-order chi connectivity index (χ0) is 32.6. The minimum absolute atomic E-state index is 0.0136. The Hall–Kier alpha value is -4.02. The Bertz CT molecular complexity index is 2040. The first kappa shape index (κ1) is 30.3. The van der Waals surface area contributed by atoms with Crippen LogP contribution in [0, 0.1) is 23.0 Å². The van der Waals surface area contributed by atoms with Crippen molar-refractivity contribution in [3.8, 4) is 29.0 Å². The second-order valence-corrected chi connectivity index (χ2v) is 14.1. The number of benzene rings is 2. The zero-order valence-electron chi connectivity index (χ0n) is 25.5. The number of hydrogen-bond acceptors (Lipinski definition) is 10. The number of rotatable bonds is 6. The van der Waals surface area contributed by atoms with Crippen LogP contribution in [0.2, 0.25) is 5.02 Å². The van der Waals surface area contributed by atoms with Gasteiger partial charge < -0.3 is 24.8 Å². The Morgan fingerprint density at radius 1 is 1.28 bits per heavy atom. The molecule has 2 aromatic heterocycles. The minimum Gasteiger partial charge on any atom is -0.489 e. The lowest BCUT2D eigenvalue weighted by Gasteiger charge is -2.34. The molecule has 242 valence electrons. The quantitative estimate of drug-likeness (QED) is 0.226. The number of nitrogen functional groups attached to an aromatic ring is 1. The molecule has 2 aromatic carbocycles. The molecule has 4 aromatic rings. The lowest BCUT2D eigenvalue weighted by molar-refractivity contribution is 0.108. The summed E-state index contributed by atoms with van der Waals surface area (Å²) in [6.45, 7) is 11.5. The molecule has 0 spiro atoms. The SMILES string of the molecule is C=CC1COc2c(Cl)c(-c3ccc(F)c4sc(N)c(C#N)c34)c(F)c3nc(OC[C@@]45CCCN4CC(=C)C5)nc(c23)N1C1CCOC1. The Morgan fingerprint density at radius 2 is 2.13 bits per heavy atom. The van der Waals surface area contributed by atoms with E-state index >= 15 is 8.78 Å². The van der Waals surface area contributed by atoms with Crippen molar-refractivity contribution in [2.75, 3.05) is 50.2 Å². The molecule has 9 nitrogen and oxygen atoms in total. The molecular formula is C34H31ClF2N6O3S. The molecule has 4 aliphatic rings. The van der Waals surface area contributed by atoms with Gasteiger partial charge in [-0.25, -0.2) is 8.78 Å². The van der Waals surface area contributed by atoms with E-state index in [0.717, 1.165) is 55.7 Å². The van der Waals surface area contributed by atoms with Gasteiger partial charge in [0, 0.05) is 24.1 Å². The molecule has 3 fully saturated rings. The maximum atomic E-state index is 17.2. The molecule has 8 rings (SSSR count). The van der Waals surface area contributed by atoms with E-state index in [-0.39, 0.29) is 78.3 Å². The summed E-state index contributed by atoms with van der Waals surface area (Å²) in [7, 11) is 0. The maximum absolute atomic E-state index is 17.2. The van der Waals surface area contributed by atoms with Gasteiger partial charge in [-0.2, -0.15) is 15.2 Å². The molecule has 2 unspecified atom stereocenters. The third-order valence-electron chi connectivity index (χ3n) is 9.92. The summed E-state index contributed by atoms with van der Waals surface area (Å²) in [5.74, 6) is -0.766. The fourth-order valence-corrected chi connectivity index (χ4v) is 9.07. The van der Waals surface area contributed by atoms with Crippen LogP contribution in [0.25, 0.3) is 32.1 Å². The van der Waals surface area contributed by atoms with Crippen LogP contribution in [0.3, 0.4) is 0 Å². The van der Waals surface area contributed by atoms with Gasteiger partial charge in [0.25, 0.3) is 0 Å². The fraction of sp³-hybridized carbons (Fsp3) is 0.382. The summed E-state index contributed by atoms with van der Waals surface area (Å²) < 4.78 is 50.9. The Morgan fingerprint density at radius 3 is 2.89 bits per heavy atom. The van der Waals surface area contributed by atoms with Crippen LogP contribution in [0.15, 0.2) is 36.9 Å². The van der Waals surface area contributed by atoms with Crippen LogP contribution in [0.5, 0.6) is 11.8 Å². The third-order valence-corrected chi connectivity index (χ3v) is 11.3. The third kappa shape index (κ3) is 4.58. The van der Waals surface area contributed by atoms with Crippen LogP contribution < -0.4 is 20.1 Å². The van der Waals surface area contributed by atoms with Gasteiger partial charge in [0.05, 0.1) is 44.9 Å². The molecule has 0 radical (unpaired) electrons. The molecule has 6 heterocycles. The number of nitriles is 1. The number of thiophene rings is 1. The number of nitrogens with zero attached hydrogens (tertiary/aromatic N) is 5. The normalized spacial score (nSPS) is 24.0. The van der Waals surface area contributed by atoms with Crippen molar-refractivity contribution in [3.63, 3.8) is 0 Å². The minimum atomic E-state index is -0.776. The molecule has 0 aliphatic carbocycles. The number of anilines is 2. The lowest BCUT2D eigenvalue weighted by Crippen LogP contribution is -2.46. The van der Waals surface area contributed by atoms with E-state index in [1.807, 2.05) is 4.90 Å². The van der Waals surface area contributed by atoms with E-state index in [2.05, 4.69) is 29.1 Å². The zero-order valence-corrected chi connectivity index (χ0v) is 27.0. The molecule has 0 amide bonds. The van der Waals surface area contributed by atoms with Crippen molar-refractivity contribution in [1.82, 2.24) is 14.9 Å². The van der Waals surface area contributed by atoms with Gasteiger partial charge in [0.2, 0.25) is 0 Å². The van der Waals surface area contributed by atoms with Gasteiger partial charge in [-0.05, 0) is 43.9 Å². The molecule has 2 N–H and O–H groups in total. The highest BCUT2D eigenvalue weighted by Crippen LogP contribution is 2.51. The largest absolute Gasteiger partial charge is 0.489 e. The highest BCUT2D eigenvalue weighted by atomic mass is 35.5. The van der Waals surface area contributed by atoms with Crippen molar-refractivity contribution < 1.29 is 23.0 Å². The second-order valence-electron chi connectivity index (χ2n) is 12.6. The number of aromatic nitrogens is 2. The van der Waals surface area contributed by atoms with E-state index < -0.39 is 11.6 Å². The van der Waals surface area contributed by atoms with Crippen molar-refractivity contribution in [3.05, 3.63) is 59.2 Å². The van der Waals surface area contributed by atoms with Crippen molar-refractivity contribution in [2.45, 2.75) is 43.3 Å². The highest BCUT2D eigenvalue weighted by Gasteiger charge is 2.47. The maximum Gasteiger partial charge on any atom is 0.319 e. The highest BCUT2D eigenvalue weighted by molar-refractivity contribution is 7.23. The first-order valence-corrected chi connectivity index (χ1v) is 16.7. The predicted octanol–water partition coefficient (Wildman–Crippen LogP) is 6.61. The number of ether oxygens (including phenoxy) is 3. The van der Waals surface area contributed by atoms with Crippen LogP contribution in [0.4, 0.5) is 19.6 Å². The Kier molecular flexibility index (Phi) is 7.29. The Balaban J connectivity index is 1.37. The molecular weight excluding hydrogens is 646 g/mol. The number of fused-ring (bicyclic) bond motifs is 2. The van der Waals surface area contributed by atoms with Crippen LogP contribution in [-0.4, -0.2) is 72.0 Å². The number of hydrogen-bond donors (Lipinski definition) is 1. The van der Waals surface area contributed by atoms with Gasteiger partial charge in [-0.3, -0.25) is 4.90 Å². The molecule has 0 bridgehead atoms. The first-order chi connectivity index (χ1) is 22.7. The van der Waals surface area contributed by atoms with Crippen molar-refractivity contribution >= 4 is 54.7 Å². The van der Waals surface area contributed by atoms with Crippen LogP contribution in [-0.2, 0) is 4.74 Å². The standard InChI is InChI=1S/C34H31ClF2N6O3S/c1-3-18-15-45-29-25-28(27(37)24(26(29)35)20-5-6-22(36)30-23(20)21(12-38)31(39)47-30)40-33(41-32(25)43(18)19-7-10-44-14-19)46-16-34-8-4-9-42(34)13-17(2)11-34/h3,5-6,18-19H,1-2,4,7-11,13-16,39H2/t18?,19?,34-/m0/s1. The lowest BCUT2D eigenvalue weighted by atomic mass is 9.94. The molecule has 47 heavy (non-hydrogen) atoms. The average molecular weight is 677 g/mol. The summed E-state index contributed by atoms with van der Waals surface area (Å²) in [5, 5.41) is 10.5. The van der Waals surface area contributed by atoms with Gasteiger partial charge in [-0.15, -0.1) is 17.9 Å².